The molecule has 0 aromatic heterocycles. The van der Waals surface area contributed by atoms with Gasteiger partial charge in [-0.05, 0) is 43.2 Å². The Bertz CT molecular complexity index is 1060. The largest absolute Gasteiger partial charge is 0.378 e. The summed E-state index contributed by atoms with van der Waals surface area (Å²) in [7, 11) is 0.727. The molecule has 0 bridgehead atoms. The predicted octanol–water partition coefficient (Wildman–Crippen LogP) is 3.74. The third-order valence-corrected chi connectivity index (χ3v) is 7.03. The van der Waals surface area contributed by atoms with Crippen LogP contribution < -0.4 is 9.80 Å². The van der Waals surface area contributed by atoms with Crippen LogP contribution in [0.1, 0.15) is 25.0 Å². The second kappa shape index (κ2) is 6.89. The molecule has 0 saturated carbocycles. The summed E-state index contributed by atoms with van der Waals surface area (Å²) in [4.78, 5) is 4.61. The lowest BCUT2D eigenvalue weighted by atomic mass is 9.95. The molecule has 5 nitrogen and oxygen atoms in total. The number of rotatable bonds is 4. The van der Waals surface area contributed by atoms with Crippen LogP contribution in [-0.2, 0) is 21.0 Å². The van der Waals surface area contributed by atoms with Crippen LogP contribution in [0, 0.1) is 0 Å². The van der Waals surface area contributed by atoms with Gasteiger partial charge in [0.2, 0.25) is 0 Å². The van der Waals surface area contributed by atoms with Crippen LogP contribution in [0.3, 0.4) is 0 Å². The average molecular weight is 413 g/mol. The van der Waals surface area contributed by atoms with E-state index < -0.39 is 9.84 Å². The fourth-order valence-corrected chi connectivity index (χ4v) is 5.24. The van der Waals surface area contributed by atoms with Gasteiger partial charge in [-0.2, -0.15) is 0 Å². The Kier molecular flexibility index (Phi) is 4.74. The van der Waals surface area contributed by atoms with Gasteiger partial charge in [0.15, 0.2) is 9.84 Å². The van der Waals surface area contributed by atoms with E-state index in [9.17, 15) is 8.42 Å². The van der Waals surface area contributed by atoms with Gasteiger partial charge in [0.25, 0.3) is 0 Å². The number of ether oxygens (including phenoxy) is 1. The van der Waals surface area contributed by atoms with Gasteiger partial charge in [-0.3, -0.25) is 0 Å². The van der Waals surface area contributed by atoms with Crippen molar-refractivity contribution in [2.45, 2.75) is 43.0 Å². The zero-order chi connectivity index (χ0) is 21.0. The van der Waals surface area contributed by atoms with Crippen LogP contribution in [0.2, 0.25) is 0 Å². The number of sulfone groups is 1. The minimum atomic E-state index is -3.32. The normalized spacial score (nSPS) is 22.7. The maximum Gasteiger partial charge on any atom is 0.177 e. The third kappa shape index (κ3) is 3.45. The van der Waals surface area contributed by atoms with Crippen molar-refractivity contribution in [2.75, 3.05) is 30.2 Å². The first-order chi connectivity index (χ1) is 13.6. The number of fused-ring (bicyclic) bond motifs is 3. The molecule has 0 radical (unpaired) electrons. The molecule has 2 aliphatic heterocycles. The molecule has 0 spiro atoms. The first-order valence-electron chi connectivity index (χ1n) is 9.81. The zero-order valence-electron chi connectivity index (χ0n) is 17.6. The molecule has 0 amide bonds. The number of nitrogens with zero attached hydrogens (tertiary/aromatic N) is 2. The minimum absolute atomic E-state index is 0.137. The molecular formula is C23H28N2O3S. The number of hydrogen-bond donors (Lipinski definition) is 0. The van der Waals surface area contributed by atoms with E-state index in [0.717, 1.165) is 22.5 Å². The summed E-state index contributed by atoms with van der Waals surface area (Å²) < 4.78 is 31.1. The van der Waals surface area contributed by atoms with Gasteiger partial charge >= 0.3 is 0 Å². The first kappa shape index (κ1) is 20.0. The van der Waals surface area contributed by atoms with E-state index >= 15 is 0 Å². The second-order valence-corrected chi connectivity index (χ2v) is 10.6. The molecule has 29 heavy (non-hydrogen) atoms. The molecule has 2 atom stereocenters. The predicted molar refractivity (Wildman–Crippen MR) is 118 cm³/mol. The topological polar surface area (TPSA) is 49.9 Å². The van der Waals surface area contributed by atoms with Crippen LogP contribution in [0.5, 0.6) is 0 Å². The van der Waals surface area contributed by atoms with E-state index in [0.29, 0.717) is 11.3 Å². The molecule has 2 aromatic rings. The molecule has 0 N–H and O–H groups in total. The smallest absolute Gasteiger partial charge is 0.177 e. The summed E-state index contributed by atoms with van der Waals surface area (Å²) >= 11 is 0. The molecule has 1 fully saturated rings. The van der Waals surface area contributed by atoms with Gasteiger partial charge in [-0.1, -0.05) is 36.4 Å². The quantitative estimate of drug-likeness (QED) is 0.766. The summed E-state index contributed by atoms with van der Waals surface area (Å²) in [5, 5.41) is 0. The van der Waals surface area contributed by atoms with Crippen LogP contribution >= 0.6 is 0 Å². The van der Waals surface area contributed by atoms with Gasteiger partial charge in [-0.15, -0.1) is 0 Å². The Labute approximate surface area is 173 Å². The highest BCUT2D eigenvalue weighted by Gasteiger charge is 2.52. The fraction of sp³-hybridized carbons (Fsp3) is 0.391. The van der Waals surface area contributed by atoms with Crippen LogP contribution in [0.15, 0.2) is 53.4 Å². The summed E-state index contributed by atoms with van der Waals surface area (Å²) in [6.07, 6.45) is 5.86. The average Bonchev–Trinajstić information content (AvgIpc) is 3.13. The van der Waals surface area contributed by atoms with Crippen molar-refractivity contribution in [3.05, 3.63) is 59.7 Å². The lowest BCUT2D eigenvalue weighted by Gasteiger charge is -2.35. The lowest BCUT2D eigenvalue weighted by Crippen LogP contribution is -2.46. The van der Waals surface area contributed by atoms with Gasteiger partial charge in [0.05, 0.1) is 16.1 Å². The van der Waals surface area contributed by atoms with Crippen molar-refractivity contribution in [1.29, 1.82) is 0 Å². The van der Waals surface area contributed by atoms with Crippen molar-refractivity contribution in [3.8, 4) is 0 Å². The summed E-state index contributed by atoms with van der Waals surface area (Å²) in [5.74, 6) is 0. The highest BCUT2D eigenvalue weighted by molar-refractivity contribution is 7.90. The van der Waals surface area contributed by atoms with E-state index in [2.05, 4.69) is 60.1 Å². The van der Waals surface area contributed by atoms with Gasteiger partial charge in [-0.25, -0.2) is 8.42 Å². The van der Waals surface area contributed by atoms with Gasteiger partial charge in [0, 0.05) is 32.5 Å². The Balaban J connectivity index is 1.64. The van der Waals surface area contributed by atoms with Crippen molar-refractivity contribution in [2.24, 2.45) is 0 Å². The lowest BCUT2D eigenvalue weighted by molar-refractivity contribution is 0.0652. The van der Waals surface area contributed by atoms with Crippen LogP contribution in [0.4, 0.5) is 11.4 Å². The minimum Gasteiger partial charge on any atom is -0.378 e. The zero-order valence-corrected chi connectivity index (χ0v) is 18.4. The third-order valence-electron chi connectivity index (χ3n) is 5.90. The fourth-order valence-electron chi connectivity index (χ4n) is 4.33. The Hall–Kier alpha value is -2.31. The second-order valence-electron chi connectivity index (χ2n) is 8.62. The highest BCUT2D eigenvalue weighted by Crippen LogP contribution is 2.48. The van der Waals surface area contributed by atoms with E-state index in [1.165, 1.54) is 6.26 Å². The molecule has 2 unspecified atom stereocenters. The number of para-hydroxylation sites is 1. The molecule has 1 saturated heterocycles. The summed E-state index contributed by atoms with van der Waals surface area (Å²) in [6.45, 7) is 4.23. The van der Waals surface area contributed by atoms with Gasteiger partial charge < -0.3 is 14.5 Å². The maximum absolute atomic E-state index is 12.4. The molecule has 0 aliphatic carbocycles. The van der Waals surface area contributed by atoms with E-state index in [1.807, 2.05) is 26.2 Å². The monoisotopic (exact) mass is 412 g/mol. The molecule has 2 heterocycles. The van der Waals surface area contributed by atoms with E-state index in [4.69, 9.17) is 4.74 Å². The number of benzene rings is 2. The Morgan fingerprint density at radius 2 is 1.83 bits per heavy atom. The Morgan fingerprint density at radius 1 is 1.14 bits per heavy atom. The van der Waals surface area contributed by atoms with E-state index in [-0.39, 0.29) is 17.9 Å². The van der Waals surface area contributed by atoms with E-state index in [1.54, 1.807) is 6.07 Å². The van der Waals surface area contributed by atoms with Crippen LogP contribution in [-0.4, -0.2) is 46.6 Å². The molecule has 154 valence electrons. The number of anilines is 2. The van der Waals surface area contributed by atoms with Gasteiger partial charge in [0.1, 0.15) is 12.3 Å². The molecule has 6 heteroatoms. The number of hydrogen-bond acceptors (Lipinski definition) is 5. The maximum atomic E-state index is 12.4. The van der Waals surface area contributed by atoms with Crippen molar-refractivity contribution < 1.29 is 13.2 Å². The van der Waals surface area contributed by atoms with Crippen molar-refractivity contribution in [1.82, 2.24) is 0 Å². The summed E-state index contributed by atoms with van der Waals surface area (Å²) in [5.41, 5.74) is 3.74. The summed E-state index contributed by atoms with van der Waals surface area (Å²) in [6, 6.07) is 13.9. The first-order valence-corrected chi connectivity index (χ1v) is 11.7. The Morgan fingerprint density at radius 3 is 2.45 bits per heavy atom. The molecule has 2 aliphatic rings. The van der Waals surface area contributed by atoms with Crippen molar-refractivity contribution in [3.63, 3.8) is 0 Å². The molecule has 4 rings (SSSR count). The van der Waals surface area contributed by atoms with Crippen molar-refractivity contribution >= 4 is 27.3 Å². The SMILES string of the molecule is CN(C)c1ccc(C=CC2OC3Cc4cccc(S(C)(=O)=O)c4N3C2(C)C)cc1. The van der Waals surface area contributed by atoms with Crippen LogP contribution in [0.25, 0.3) is 6.08 Å². The standard InChI is InChI=1S/C23H28N2O3S/c1-23(2)20(14-11-16-9-12-18(13-10-16)24(3)4)28-21-15-17-7-6-8-19(29(5,26)27)22(17)25(21)23/h6-14,20-21H,15H2,1-5H3. The molecule has 2 aromatic carbocycles. The highest BCUT2D eigenvalue weighted by atomic mass is 32.2. The molecular weight excluding hydrogens is 384 g/mol.